The lowest BCUT2D eigenvalue weighted by Crippen LogP contribution is -2.47. The van der Waals surface area contributed by atoms with Gasteiger partial charge in [0.1, 0.15) is 5.82 Å². The molecule has 2 aliphatic rings. The zero-order valence-corrected chi connectivity index (χ0v) is 23.4. The Kier molecular flexibility index (Phi) is 9.25. The maximum Gasteiger partial charge on any atom is 0.284 e. The third-order valence-electron chi connectivity index (χ3n) is 6.63. The van der Waals surface area contributed by atoms with Crippen molar-refractivity contribution in [1.82, 2.24) is 30.6 Å². The molecule has 200 valence electrons. The fraction of sp³-hybridized carbons (Fsp3) is 0.379. The Morgan fingerprint density at radius 3 is 2.53 bits per heavy atom. The van der Waals surface area contributed by atoms with Crippen molar-refractivity contribution in [1.29, 1.82) is 0 Å². The third-order valence-corrected chi connectivity index (χ3v) is 7.57. The molecular formula is C29H37N7OS. The molecular weight excluding hydrogens is 494 g/mol. The van der Waals surface area contributed by atoms with Crippen LogP contribution in [0, 0.1) is 5.92 Å². The fourth-order valence-corrected chi connectivity index (χ4v) is 5.22. The first-order valence-corrected chi connectivity index (χ1v) is 13.8. The molecule has 1 aromatic carbocycles. The second-order valence-electron chi connectivity index (χ2n) is 9.81. The molecule has 0 bridgehead atoms. The molecule has 1 amide bonds. The molecule has 38 heavy (non-hydrogen) atoms. The zero-order valence-electron chi connectivity index (χ0n) is 22.5. The minimum atomic E-state index is -0.0509. The van der Waals surface area contributed by atoms with Gasteiger partial charge < -0.3 is 20.4 Å². The number of aliphatic imine (C=N–C) groups is 1. The van der Waals surface area contributed by atoms with Crippen LogP contribution in [0.1, 0.15) is 45.7 Å². The molecule has 0 radical (unpaired) electrons. The summed E-state index contributed by atoms with van der Waals surface area (Å²) >= 11 is 1.29. The van der Waals surface area contributed by atoms with Gasteiger partial charge in [-0.25, -0.2) is 4.99 Å². The summed E-state index contributed by atoms with van der Waals surface area (Å²) in [4.78, 5) is 21.8. The van der Waals surface area contributed by atoms with E-state index in [2.05, 4.69) is 52.2 Å². The lowest BCUT2D eigenvalue weighted by atomic mass is 10.0. The number of amides is 1. The van der Waals surface area contributed by atoms with Crippen LogP contribution in [0.4, 0.5) is 0 Å². The molecule has 0 saturated carbocycles. The standard InChI is InChI=1S/C29H37N7OS/c1-6-22(19-35(4)5)24-12-10-11-23(15-24)20(3)32-26(31-18-21-16-30-17-21)25(7-2)27-33-34-28(38-27)29(37)36-13-8-9-14-36/h6-7,10-12,15,19,21,30-31H,1-2,8-9,13-14,16-18H2,3-5H3/b22-19+,26-25+,32-20+. The summed E-state index contributed by atoms with van der Waals surface area (Å²) in [7, 11) is 3.99. The van der Waals surface area contributed by atoms with Gasteiger partial charge >= 0.3 is 0 Å². The first kappa shape index (κ1) is 27.5. The highest BCUT2D eigenvalue weighted by molar-refractivity contribution is 7.14. The van der Waals surface area contributed by atoms with Crippen molar-refractivity contribution in [2.24, 2.45) is 10.9 Å². The highest BCUT2D eigenvalue weighted by Crippen LogP contribution is 2.26. The van der Waals surface area contributed by atoms with Gasteiger partial charge in [-0.15, -0.1) is 10.2 Å². The maximum absolute atomic E-state index is 12.9. The molecule has 0 aliphatic carbocycles. The van der Waals surface area contributed by atoms with E-state index in [0.29, 0.717) is 21.8 Å². The number of benzene rings is 1. The molecule has 2 aliphatic heterocycles. The van der Waals surface area contributed by atoms with Gasteiger partial charge in [0.15, 0.2) is 5.01 Å². The Hall–Kier alpha value is -3.56. The van der Waals surface area contributed by atoms with E-state index in [1.807, 2.05) is 49.2 Å². The average Bonchev–Trinajstić information content (AvgIpc) is 3.59. The molecule has 2 N–H and O–H groups in total. The number of likely N-dealkylation sites (tertiary alicyclic amines) is 1. The van der Waals surface area contributed by atoms with E-state index in [9.17, 15) is 4.79 Å². The zero-order chi connectivity index (χ0) is 27.1. The Bertz CT molecular complexity index is 1260. The van der Waals surface area contributed by atoms with Crippen molar-refractivity contribution in [2.45, 2.75) is 19.8 Å². The number of aromatic nitrogens is 2. The second kappa shape index (κ2) is 12.8. The van der Waals surface area contributed by atoms with Crippen LogP contribution in [0.3, 0.4) is 0 Å². The van der Waals surface area contributed by atoms with Crippen LogP contribution in [-0.2, 0) is 0 Å². The SMILES string of the molecule is C=C/C(=C\N(C)C)c1cccc(/C(C)=N/C(NCC2CNC2)=C(\C=C)c2nnc(C(=O)N3CCCC3)s2)c1. The smallest absolute Gasteiger partial charge is 0.284 e. The number of nitrogens with one attached hydrogen (secondary N) is 2. The number of hydrogen-bond acceptors (Lipinski definition) is 8. The summed E-state index contributed by atoms with van der Waals surface area (Å²) in [6.07, 6.45) is 7.72. The van der Waals surface area contributed by atoms with Crippen molar-refractivity contribution >= 4 is 34.1 Å². The van der Waals surface area contributed by atoms with Gasteiger partial charge in [0.05, 0.1) is 5.57 Å². The van der Waals surface area contributed by atoms with Crippen LogP contribution in [0.2, 0.25) is 0 Å². The van der Waals surface area contributed by atoms with Gasteiger partial charge in [-0.05, 0) is 42.5 Å². The van der Waals surface area contributed by atoms with Crippen LogP contribution in [0.15, 0.2) is 66.6 Å². The number of nitrogens with zero attached hydrogens (tertiary/aromatic N) is 5. The highest BCUT2D eigenvalue weighted by Gasteiger charge is 2.24. The number of allylic oxidation sites excluding steroid dienone is 4. The predicted molar refractivity (Wildman–Crippen MR) is 157 cm³/mol. The summed E-state index contributed by atoms with van der Waals surface area (Å²) in [6, 6.07) is 8.27. The molecule has 8 nitrogen and oxygen atoms in total. The Labute approximate surface area is 229 Å². The average molecular weight is 532 g/mol. The quantitative estimate of drug-likeness (QED) is 0.336. The van der Waals surface area contributed by atoms with Crippen LogP contribution in [0.25, 0.3) is 11.1 Å². The van der Waals surface area contributed by atoms with Crippen LogP contribution in [0.5, 0.6) is 0 Å². The van der Waals surface area contributed by atoms with Gasteiger partial charge in [-0.3, -0.25) is 4.79 Å². The number of hydrogen-bond donors (Lipinski definition) is 2. The summed E-state index contributed by atoms with van der Waals surface area (Å²) in [6.45, 7) is 14.3. The first-order valence-electron chi connectivity index (χ1n) is 13.0. The lowest BCUT2D eigenvalue weighted by molar-refractivity contribution is 0.0791. The molecule has 2 fully saturated rings. The van der Waals surface area contributed by atoms with Gasteiger partial charge in [0.25, 0.3) is 5.91 Å². The third kappa shape index (κ3) is 6.65. The minimum absolute atomic E-state index is 0.0509. The Balaban J connectivity index is 1.68. The van der Waals surface area contributed by atoms with Crippen LogP contribution in [-0.4, -0.2) is 78.4 Å². The normalized spacial score (nSPS) is 17.1. The van der Waals surface area contributed by atoms with E-state index in [-0.39, 0.29) is 5.91 Å². The van der Waals surface area contributed by atoms with Crippen molar-refractivity contribution < 1.29 is 4.79 Å². The molecule has 2 aromatic rings. The van der Waals surface area contributed by atoms with E-state index in [0.717, 1.165) is 73.6 Å². The topological polar surface area (TPSA) is 85.7 Å². The van der Waals surface area contributed by atoms with E-state index in [4.69, 9.17) is 4.99 Å². The van der Waals surface area contributed by atoms with Gasteiger partial charge in [0, 0.05) is 64.6 Å². The molecule has 0 atom stereocenters. The van der Waals surface area contributed by atoms with Crippen molar-refractivity contribution in [3.05, 3.63) is 82.7 Å². The van der Waals surface area contributed by atoms with Gasteiger partial charge in [-0.2, -0.15) is 0 Å². The number of carbonyl (C=O) groups is 1. The number of carbonyl (C=O) groups excluding carboxylic acids is 1. The fourth-order valence-electron chi connectivity index (χ4n) is 4.37. The molecule has 3 heterocycles. The monoisotopic (exact) mass is 531 g/mol. The molecule has 4 rings (SSSR count). The summed E-state index contributed by atoms with van der Waals surface area (Å²) in [5.74, 6) is 1.16. The summed E-state index contributed by atoms with van der Waals surface area (Å²) in [5.41, 5.74) is 4.70. The molecule has 0 spiro atoms. The van der Waals surface area contributed by atoms with Gasteiger partial charge in [-0.1, -0.05) is 54.8 Å². The van der Waals surface area contributed by atoms with Crippen molar-refractivity contribution in [2.75, 3.05) is 46.8 Å². The Morgan fingerprint density at radius 2 is 1.89 bits per heavy atom. The molecule has 2 saturated heterocycles. The van der Waals surface area contributed by atoms with E-state index in [1.165, 1.54) is 11.3 Å². The largest absolute Gasteiger partial charge is 0.383 e. The second-order valence-corrected chi connectivity index (χ2v) is 10.8. The lowest BCUT2D eigenvalue weighted by Gasteiger charge is -2.27. The first-order chi connectivity index (χ1) is 18.4. The summed E-state index contributed by atoms with van der Waals surface area (Å²) in [5, 5.41) is 16.5. The molecule has 0 unspecified atom stereocenters. The summed E-state index contributed by atoms with van der Waals surface area (Å²) < 4.78 is 0. The minimum Gasteiger partial charge on any atom is -0.383 e. The van der Waals surface area contributed by atoms with E-state index in [1.54, 1.807) is 6.08 Å². The Morgan fingerprint density at radius 1 is 1.18 bits per heavy atom. The van der Waals surface area contributed by atoms with E-state index >= 15 is 0 Å². The molecule has 9 heteroatoms. The van der Waals surface area contributed by atoms with Gasteiger partial charge in [0.2, 0.25) is 5.01 Å². The van der Waals surface area contributed by atoms with Crippen molar-refractivity contribution in [3.63, 3.8) is 0 Å². The van der Waals surface area contributed by atoms with Crippen LogP contribution < -0.4 is 10.6 Å². The van der Waals surface area contributed by atoms with Crippen LogP contribution >= 0.6 is 11.3 Å². The predicted octanol–water partition coefficient (Wildman–Crippen LogP) is 4.04. The van der Waals surface area contributed by atoms with E-state index < -0.39 is 0 Å². The highest BCUT2D eigenvalue weighted by atomic mass is 32.1. The van der Waals surface area contributed by atoms with Crippen molar-refractivity contribution in [3.8, 4) is 0 Å². The maximum atomic E-state index is 12.9. The number of rotatable bonds is 11. The molecule has 1 aromatic heterocycles.